The zero-order chi connectivity index (χ0) is 23.5. The Kier molecular flexibility index (Phi) is 6.43. The van der Waals surface area contributed by atoms with Crippen LogP contribution in [0.5, 0.6) is 11.5 Å². The summed E-state index contributed by atoms with van der Waals surface area (Å²) < 4.78 is 10.3. The minimum Gasteiger partial charge on any atom is -0.497 e. The largest absolute Gasteiger partial charge is 0.497 e. The molecule has 3 aromatic carbocycles. The predicted octanol–water partition coefficient (Wildman–Crippen LogP) is 4.53. The molecule has 168 valence electrons. The molecule has 1 aromatic heterocycles. The lowest BCUT2D eigenvalue weighted by atomic mass is 10.2. The summed E-state index contributed by atoms with van der Waals surface area (Å²) in [5, 5.41) is 15.4. The number of ether oxygens (including phenoxy) is 2. The molecule has 0 unspecified atom stereocenters. The Hall–Kier alpha value is -3.69. The van der Waals surface area contributed by atoms with Crippen LogP contribution in [0.2, 0.25) is 5.02 Å². The van der Waals surface area contributed by atoms with E-state index < -0.39 is 0 Å². The first-order valence-electron chi connectivity index (χ1n) is 9.86. The molecule has 0 aliphatic carbocycles. The number of fused-ring (bicyclic) bond motifs is 1. The number of methoxy groups -OCH3 is 2. The first kappa shape index (κ1) is 22.5. The zero-order valence-corrected chi connectivity index (χ0v) is 19.6. The number of amides is 1. The third-order valence-electron chi connectivity index (χ3n) is 4.90. The monoisotopic (exact) mass is 481 g/mol. The van der Waals surface area contributed by atoms with Gasteiger partial charge in [0.2, 0.25) is 0 Å². The van der Waals surface area contributed by atoms with Crippen LogP contribution in [-0.2, 0) is 0 Å². The van der Waals surface area contributed by atoms with Gasteiger partial charge in [-0.1, -0.05) is 17.7 Å². The highest BCUT2D eigenvalue weighted by Gasteiger charge is 2.13. The number of carbonyl (C=O) groups is 1. The van der Waals surface area contributed by atoms with E-state index in [0.29, 0.717) is 44.5 Å². The lowest BCUT2D eigenvalue weighted by molar-refractivity contribution is 0.0977. The fraction of sp³-hybridized carbons (Fsp3) is 0.130. The summed E-state index contributed by atoms with van der Waals surface area (Å²) in [7, 11) is 3.10. The van der Waals surface area contributed by atoms with E-state index in [9.17, 15) is 4.79 Å². The molecule has 33 heavy (non-hydrogen) atoms. The van der Waals surface area contributed by atoms with Crippen LogP contribution in [0.25, 0.3) is 16.7 Å². The maximum atomic E-state index is 12.5. The maximum Gasteiger partial charge on any atom is 0.257 e. The van der Waals surface area contributed by atoms with Gasteiger partial charge in [0.05, 0.1) is 24.9 Å². The number of nitrogens with one attached hydrogen (secondary N) is 2. The van der Waals surface area contributed by atoms with Crippen molar-refractivity contribution in [3.63, 3.8) is 0 Å². The van der Waals surface area contributed by atoms with Crippen LogP contribution in [0.3, 0.4) is 0 Å². The van der Waals surface area contributed by atoms with Crippen molar-refractivity contribution < 1.29 is 14.3 Å². The third-order valence-corrected chi connectivity index (χ3v) is 5.40. The number of aryl methyl sites for hydroxylation is 1. The van der Waals surface area contributed by atoms with E-state index in [2.05, 4.69) is 20.8 Å². The Morgan fingerprint density at radius 2 is 1.79 bits per heavy atom. The van der Waals surface area contributed by atoms with Gasteiger partial charge in [-0.25, -0.2) is 0 Å². The Labute approximate surface area is 200 Å². The second-order valence-electron chi connectivity index (χ2n) is 7.10. The fourth-order valence-electron chi connectivity index (χ4n) is 3.19. The molecule has 0 saturated heterocycles. The second kappa shape index (κ2) is 9.43. The summed E-state index contributed by atoms with van der Waals surface area (Å²) in [5.41, 5.74) is 4.09. The Bertz CT molecular complexity index is 1370. The van der Waals surface area contributed by atoms with E-state index >= 15 is 0 Å². The first-order chi connectivity index (χ1) is 15.9. The van der Waals surface area contributed by atoms with E-state index in [4.69, 9.17) is 33.3 Å². The van der Waals surface area contributed by atoms with Crippen molar-refractivity contribution in [1.29, 1.82) is 0 Å². The van der Waals surface area contributed by atoms with Gasteiger partial charge in [0.25, 0.3) is 5.91 Å². The smallest absolute Gasteiger partial charge is 0.257 e. The van der Waals surface area contributed by atoms with Crippen LogP contribution in [0.4, 0.5) is 5.69 Å². The van der Waals surface area contributed by atoms with Gasteiger partial charge in [-0.05, 0) is 73.2 Å². The van der Waals surface area contributed by atoms with Crippen molar-refractivity contribution in [2.45, 2.75) is 6.92 Å². The minimum atomic E-state index is -0.340. The van der Waals surface area contributed by atoms with Gasteiger partial charge in [0.1, 0.15) is 22.5 Å². The molecule has 0 fully saturated rings. The van der Waals surface area contributed by atoms with Gasteiger partial charge in [-0.15, -0.1) is 10.2 Å². The molecule has 0 spiro atoms. The molecule has 1 amide bonds. The standard InChI is InChI=1S/C23H20ClN5O3S/c1-13-9-19-20(28-29(27-19)15-7-8-21(32-3)17(24)11-15)12-18(13)25-23(33)26-22(30)14-5-4-6-16(10-14)31-2/h4-12H,1-3H3,(H2,25,26,30,33). The highest BCUT2D eigenvalue weighted by molar-refractivity contribution is 7.80. The molecule has 0 bridgehead atoms. The van der Waals surface area contributed by atoms with Gasteiger partial charge in [0.15, 0.2) is 5.11 Å². The molecule has 8 nitrogen and oxygen atoms in total. The molecule has 4 aromatic rings. The second-order valence-corrected chi connectivity index (χ2v) is 7.92. The molecule has 2 N–H and O–H groups in total. The van der Waals surface area contributed by atoms with E-state index in [0.717, 1.165) is 5.56 Å². The van der Waals surface area contributed by atoms with Crippen LogP contribution < -0.4 is 20.1 Å². The van der Waals surface area contributed by atoms with Gasteiger partial charge >= 0.3 is 0 Å². The highest BCUT2D eigenvalue weighted by atomic mass is 35.5. The molecule has 0 aliphatic rings. The van der Waals surface area contributed by atoms with Crippen LogP contribution in [-0.4, -0.2) is 40.2 Å². The lowest BCUT2D eigenvalue weighted by Gasteiger charge is -2.12. The van der Waals surface area contributed by atoms with Crippen molar-refractivity contribution in [2.75, 3.05) is 19.5 Å². The first-order valence-corrected chi connectivity index (χ1v) is 10.6. The lowest BCUT2D eigenvalue weighted by Crippen LogP contribution is -2.34. The Balaban J connectivity index is 1.53. The molecule has 0 aliphatic heterocycles. The molecule has 0 saturated carbocycles. The fourth-order valence-corrected chi connectivity index (χ4v) is 3.65. The Morgan fingerprint density at radius 1 is 1.03 bits per heavy atom. The molecule has 4 rings (SSSR count). The number of carbonyl (C=O) groups excluding carboxylic acids is 1. The number of hydrogen-bond acceptors (Lipinski definition) is 6. The number of aromatic nitrogens is 3. The molecular weight excluding hydrogens is 462 g/mol. The molecular formula is C23H20ClN5O3S. The van der Waals surface area contributed by atoms with Gasteiger partial charge < -0.3 is 14.8 Å². The van der Waals surface area contributed by atoms with E-state index in [1.54, 1.807) is 50.6 Å². The summed E-state index contributed by atoms with van der Waals surface area (Å²) >= 11 is 11.6. The predicted molar refractivity (Wildman–Crippen MR) is 132 cm³/mol. The van der Waals surface area contributed by atoms with Gasteiger partial charge in [-0.2, -0.15) is 4.80 Å². The normalized spacial score (nSPS) is 10.7. The van der Waals surface area contributed by atoms with Gasteiger partial charge in [-0.3, -0.25) is 10.1 Å². The van der Waals surface area contributed by atoms with Crippen LogP contribution >= 0.6 is 23.8 Å². The quantitative estimate of drug-likeness (QED) is 0.405. The summed E-state index contributed by atoms with van der Waals surface area (Å²) in [5.74, 6) is 0.820. The van der Waals surface area contributed by atoms with Crippen LogP contribution in [0, 0.1) is 6.92 Å². The van der Waals surface area contributed by atoms with Gasteiger partial charge in [0, 0.05) is 11.3 Å². The molecule has 10 heteroatoms. The summed E-state index contributed by atoms with van der Waals surface area (Å²) in [6.07, 6.45) is 0. The highest BCUT2D eigenvalue weighted by Crippen LogP contribution is 2.27. The topological polar surface area (TPSA) is 90.3 Å². The number of halogens is 1. The van der Waals surface area contributed by atoms with Crippen molar-refractivity contribution >= 4 is 51.6 Å². The van der Waals surface area contributed by atoms with Crippen molar-refractivity contribution in [1.82, 2.24) is 20.3 Å². The number of thiocarbonyl (C=S) groups is 1. The van der Waals surface area contributed by atoms with Crippen molar-refractivity contribution in [3.05, 3.63) is 70.7 Å². The Morgan fingerprint density at radius 3 is 2.48 bits per heavy atom. The average molecular weight is 482 g/mol. The SMILES string of the molecule is COc1cccc(C(=O)NC(=S)Nc2cc3nn(-c4ccc(OC)c(Cl)c4)nc3cc2C)c1. The third kappa shape index (κ3) is 4.89. The van der Waals surface area contributed by atoms with Crippen LogP contribution in [0.15, 0.2) is 54.6 Å². The molecule has 1 heterocycles. The van der Waals surface area contributed by atoms with Crippen LogP contribution in [0.1, 0.15) is 15.9 Å². The number of rotatable bonds is 5. The zero-order valence-electron chi connectivity index (χ0n) is 18.0. The maximum absolute atomic E-state index is 12.5. The number of nitrogens with zero attached hydrogens (tertiary/aromatic N) is 3. The average Bonchev–Trinajstić information content (AvgIpc) is 3.21. The van der Waals surface area contributed by atoms with Crippen molar-refractivity contribution in [3.8, 4) is 17.2 Å². The number of hydrogen-bond donors (Lipinski definition) is 2. The summed E-state index contributed by atoms with van der Waals surface area (Å²) in [6, 6.07) is 15.8. The number of benzene rings is 3. The molecule has 0 radical (unpaired) electrons. The minimum absolute atomic E-state index is 0.166. The number of anilines is 1. The summed E-state index contributed by atoms with van der Waals surface area (Å²) in [4.78, 5) is 14.0. The van der Waals surface area contributed by atoms with Crippen molar-refractivity contribution in [2.24, 2.45) is 0 Å². The van der Waals surface area contributed by atoms with E-state index in [1.165, 1.54) is 4.80 Å². The molecule has 0 atom stereocenters. The van der Waals surface area contributed by atoms with E-state index in [1.807, 2.05) is 25.1 Å². The summed E-state index contributed by atoms with van der Waals surface area (Å²) in [6.45, 7) is 1.91. The van der Waals surface area contributed by atoms with E-state index in [-0.39, 0.29) is 11.0 Å².